The largest absolute Gasteiger partial charge is 0.368 e. The van der Waals surface area contributed by atoms with Crippen molar-refractivity contribution in [1.29, 1.82) is 0 Å². The van der Waals surface area contributed by atoms with Crippen molar-refractivity contribution in [3.8, 4) is 0 Å². The van der Waals surface area contributed by atoms with Crippen LogP contribution in [0.3, 0.4) is 0 Å². The molecule has 2 heterocycles. The monoisotopic (exact) mass is 255 g/mol. The number of nitrogens with zero attached hydrogens (tertiary/aromatic N) is 2. The second-order valence-electron chi connectivity index (χ2n) is 4.46. The van der Waals surface area contributed by atoms with Crippen LogP contribution in [0.2, 0.25) is 0 Å². The Morgan fingerprint density at radius 2 is 2.35 bits per heavy atom. The lowest BCUT2D eigenvalue weighted by Gasteiger charge is -2.18. The SMILES string of the molecule is C(Cc1nc(C2CSCCO2)no1)NC1CC1. The number of nitrogens with one attached hydrogen (secondary N) is 1. The number of hydrogen-bond donors (Lipinski definition) is 1. The van der Waals surface area contributed by atoms with E-state index in [0.29, 0.717) is 11.7 Å². The molecule has 5 nitrogen and oxygen atoms in total. The van der Waals surface area contributed by atoms with E-state index in [1.54, 1.807) is 0 Å². The van der Waals surface area contributed by atoms with Gasteiger partial charge in [0.1, 0.15) is 6.10 Å². The molecule has 6 heteroatoms. The summed E-state index contributed by atoms with van der Waals surface area (Å²) < 4.78 is 10.8. The molecule has 1 aromatic heterocycles. The van der Waals surface area contributed by atoms with Crippen molar-refractivity contribution in [3.63, 3.8) is 0 Å². The van der Waals surface area contributed by atoms with Gasteiger partial charge in [-0.25, -0.2) is 0 Å². The van der Waals surface area contributed by atoms with E-state index >= 15 is 0 Å². The lowest BCUT2D eigenvalue weighted by atomic mass is 10.3. The zero-order chi connectivity index (χ0) is 11.5. The number of rotatable bonds is 5. The summed E-state index contributed by atoms with van der Waals surface area (Å²) in [5.41, 5.74) is 0. The van der Waals surface area contributed by atoms with Gasteiger partial charge in [0, 0.05) is 30.5 Å². The van der Waals surface area contributed by atoms with Crippen LogP contribution in [0.15, 0.2) is 4.52 Å². The molecular weight excluding hydrogens is 238 g/mol. The average Bonchev–Trinajstić information content (AvgIpc) is 3.07. The Labute approximate surface area is 105 Å². The third kappa shape index (κ3) is 3.20. The van der Waals surface area contributed by atoms with E-state index in [9.17, 15) is 0 Å². The Hall–Kier alpha value is -0.590. The van der Waals surface area contributed by atoms with Crippen LogP contribution in [0, 0.1) is 0 Å². The topological polar surface area (TPSA) is 60.2 Å². The molecule has 17 heavy (non-hydrogen) atoms. The molecule has 1 aliphatic carbocycles. The van der Waals surface area contributed by atoms with Gasteiger partial charge in [-0.15, -0.1) is 0 Å². The fourth-order valence-electron chi connectivity index (χ4n) is 1.81. The van der Waals surface area contributed by atoms with Gasteiger partial charge >= 0.3 is 0 Å². The number of ether oxygens (including phenoxy) is 1. The summed E-state index contributed by atoms with van der Waals surface area (Å²) in [5, 5.41) is 7.43. The zero-order valence-corrected chi connectivity index (χ0v) is 10.5. The van der Waals surface area contributed by atoms with Crippen LogP contribution in [-0.2, 0) is 11.2 Å². The molecule has 0 amide bonds. The highest BCUT2D eigenvalue weighted by Gasteiger charge is 2.23. The fraction of sp³-hybridized carbons (Fsp3) is 0.818. The minimum atomic E-state index is 0.0163. The number of hydrogen-bond acceptors (Lipinski definition) is 6. The van der Waals surface area contributed by atoms with Gasteiger partial charge in [0.2, 0.25) is 11.7 Å². The molecule has 2 fully saturated rings. The first-order valence-electron chi connectivity index (χ1n) is 6.17. The molecule has 94 valence electrons. The van der Waals surface area contributed by atoms with Crippen molar-refractivity contribution >= 4 is 11.8 Å². The Balaban J connectivity index is 1.49. The van der Waals surface area contributed by atoms with E-state index in [4.69, 9.17) is 9.26 Å². The standard InChI is InChI=1S/C11H17N3O2S/c1-2-8(1)12-4-3-10-13-11(14-16-10)9-7-17-6-5-15-9/h8-9,12H,1-7H2. The van der Waals surface area contributed by atoms with Gasteiger partial charge in [-0.05, 0) is 12.8 Å². The smallest absolute Gasteiger partial charge is 0.228 e. The highest BCUT2D eigenvalue weighted by molar-refractivity contribution is 7.99. The van der Waals surface area contributed by atoms with Crippen LogP contribution in [0.1, 0.15) is 30.7 Å². The maximum Gasteiger partial charge on any atom is 0.228 e. The van der Waals surface area contributed by atoms with E-state index < -0.39 is 0 Å². The molecule has 1 unspecified atom stereocenters. The van der Waals surface area contributed by atoms with Gasteiger partial charge in [-0.1, -0.05) is 5.16 Å². The summed E-state index contributed by atoms with van der Waals surface area (Å²) in [5.74, 6) is 3.41. The molecular formula is C11H17N3O2S. The molecule has 1 N–H and O–H groups in total. The van der Waals surface area contributed by atoms with Crippen molar-refractivity contribution in [3.05, 3.63) is 11.7 Å². The fourth-order valence-corrected chi connectivity index (χ4v) is 2.65. The first kappa shape index (κ1) is 11.5. The summed E-state index contributed by atoms with van der Waals surface area (Å²) in [6.07, 6.45) is 3.44. The second-order valence-corrected chi connectivity index (χ2v) is 5.61. The zero-order valence-electron chi connectivity index (χ0n) is 9.72. The molecule has 1 aliphatic heterocycles. The van der Waals surface area contributed by atoms with E-state index in [1.165, 1.54) is 12.8 Å². The van der Waals surface area contributed by atoms with Crippen molar-refractivity contribution in [2.24, 2.45) is 0 Å². The summed E-state index contributed by atoms with van der Waals surface area (Å²) >= 11 is 1.88. The van der Waals surface area contributed by atoms with E-state index in [0.717, 1.165) is 37.1 Å². The Morgan fingerprint density at radius 1 is 1.41 bits per heavy atom. The minimum Gasteiger partial charge on any atom is -0.368 e. The van der Waals surface area contributed by atoms with E-state index in [-0.39, 0.29) is 6.10 Å². The lowest BCUT2D eigenvalue weighted by molar-refractivity contribution is 0.0677. The van der Waals surface area contributed by atoms with Crippen molar-refractivity contribution in [1.82, 2.24) is 15.5 Å². The minimum absolute atomic E-state index is 0.0163. The summed E-state index contributed by atoms with van der Waals surface area (Å²) in [6.45, 7) is 1.70. The first-order chi connectivity index (χ1) is 8.42. The number of thioether (sulfide) groups is 1. The highest BCUT2D eigenvalue weighted by Crippen LogP contribution is 2.24. The third-order valence-corrected chi connectivity index (χ3v) is 3.93. The molecule has 0 spiro atoms. The molecule has 1 saturated carbocycles. The second kappa shape index (κ2) is 5.37. The van der Waals surface area contributed by atoms with Crippen molar-refractivity contribution < 1.29 is 9.26 Å². The molecule has 3 rings (SSSR count). The normalized spacial score (nSPS) is 25.1. The highest BCUT2D eigenvalue weighted by atomic mass is 32.2. The van der Waals surface area contributed by atoms with Gasteiger partial charge in [0.25, 0.3) is 0 Å². The van der Waals surface area contributed by atoms with Crippen LogP contribution in [-0.4, -0.2) is 40.8 Å². The van der Waals surface area contributed by atoms with E-state index in [2.05, 4.69) is 15.5 Å². The van der Waals surface area contributed by atoms with Gasteiger partial charge in [0.15, 0.2) is 0 Å². The Kier molecular flexibility index (Phi) is 3.63. The molecule has 0 bridgehead atoms. The lowest BCUT2D eigenvalue weighted by Crippen LogP contribution is -2.19. The molecule has 1 saturated heterocycles. The van der Waals surface area contributed by atoms with Crippen molar-refractivity contribution in [2.45, 2.75) is 31.4 Å². The number of aromatic nitrogens is 2. The first-order valence-corrected chi connectivity index (χ1v) is 7.32. The van der Waals surface area contributed by atoms with Gasteiger partial charge in [-0.3, -0.25) is 0 Å². The predicted molar refractivity (Wildman–Crippen MR) is 65.0 cm³/mol. The quantitative estimate of drug-likeness (QED) is 0.852. The summed E-state index contributed by atoms with van der Waals surface area (Å²) in [4.78, 5) is 4.40. The van der Waals surface area contributed by atoms with Crippen LogP contribution < -0.4 is 5.32 Å². The summed E-state index contributed by atoms with van der Waals surface area (Å²) in [7, 11) is 0. The Morgan fingerprint density at radius 3 is 3.12 bits per heavy atom. The van der Waals surface area contributed by atoms with E-state index in [1.807, 2.05) is 11.8 Å². The van der Waals surface area contributed by atoms with Crippen LogP contribution in [0.5, 0.6) is 0 Å². The predicted octanol–water partition coefficient (Wildman–Crippen LogP) is 1.17. The molecule has 2 aliphatic rings. The summed E-state index contributed by atoms with van der Waals surface area (Å²) in [6, 6.07) is 0.732. The van der Waals surface area contributed by atoms with Gasteiger partial charge in [-0.2, -0.15) is 16.7 Å². The van der Waals surface area contributed by atoms with Gasteiger partial charge < -0.3 is 14.6 Å². The molecule has 0 aromatic carbocycles. The molecule has 1 aromatic rings. The van der Waals surface area contributed by atoms with Crippen LogP contribution in [0.25, 0.3) is 0 Å². The maximum absolute atomic E-state index is 5.61. The van der Waals surface area contributed by atoms with Crippen LogP contribution in [0.4, 0.5) is 0 Å². The average molecular weight is 255 g/mol. The molecule has 0 radical (unpaired) electrons. The maximum atomic E-state index is 5.61. The Bertz CT molecular complexity index is 361. The third-order valence-electron chi connectivity index (χ3n) is 2.94. The van der Waals surface area contributed by atoms with Gasteiger partial charge in [0.05, 0.1) is 6.61 Å². The van der Waals surface area contributed by atoms with Crippen LogP contribution >= 0.6 is 11.8 Å². The molecule has 1 atom stereocenters. The van der Waals surface area contributed by atoms with Crippen molar-refractivity contribution in [2.75, 3.05) is 24.7 Å².